The number of imide groups is 1. The third kappa shape index (κ3) is 2.78. The van der Waals surface area contributed by atoms with Crippen LogP contribution in [0.25, 0.3) is 0 Å². The van der Waals surface area contributed by atoms with Crippen LogP contribution in [0.3, 0.4) is 0 Å². The number of rotatable bonds is 4. The van der Waals surface area contributed by atoms with Crippen molar-refractivity contribution in [2.75, 3.05) is 7.11 Å². The Bertz CT molecular complexity index is 871. The first-order valence-corrected chi connectivity index (χ1v) is 8.25. The zero-order valence-electron chi connectivity index (χ0n) is 13.4. The van der Waals surface area contributed by atoms with E-state index in [0.717, 1.165) is 4.90 Å². The molecule has 25 heavy (non-hydrogen) atoms. The lowest BCUT2D eigenvalue weighted by molar-refractivity contribution is -0.136. The molecule has 0 radical (unpaired) electrons. The summed E-state index contributed by atoms with van der Waals surface area (Å²) in [6.45, 7) is 3.78. The Labute approximate surface area is 153 Å². The third-order valence-corrected chi connectivity index (χ3v) is 4.78. The summed E-state index contributed by atoms with van der Waals surface area (Å²) in [7, 11) is 1.23. The van der Waals surface area contributed by atoms with Crippen molar-refractivity contribution in [3.05, 3.63) is 81.8 Å². The summed E-state index contributed by atoms with van der Waals surface area (Å²) in [6, 6.07) is 12.7. The van der Waals surface area contributed by atoms with Crippen molar-refractivity contribution in [1.29, 1.82) is 0 Å². The number of hydrogen-bond acceptors (Lipinski definition) is 4. The van der Waals surface area contributed by atoms with Gasteiger partial charge in [-0.3, -0.25) is 14.5 Å². The van der Waals surface area contributed by atoms with Gasteiger partial charge in [-0.05, 0) is 23.8 Å². The average Bonchev–Trinajstić information content (AvgIpc) is 2.88. The van der Waals surface area contributed by atoms with Gasteiger partial charge in [0.15, 0.2) is 0 Å². The monoisotopic (exact) mass is 399 g/mol. The Balaban J connectivity index is 2.15. The summed E-state index contributed by atoms with van der Waals surface area (Å²) in [6.07, 6.45) is 0. The molecule has 1 aliphatic heterocycles. The second-order valence-electron chi connectivity index (χ2n) is 5.47. The smallest absolute Gasteiger partial charge is 0.335 e. The number of methoxy groups -OCH3 is 1. The molecule has 0 unspecified atom stereocenters. The standard InChI is InChI=1S/C19H14BrNO4/c1-11(19(24)25-2)16(14-9-5-6-10-15(14)20)21-17(22)12-7-3-4-8-13(12)18(21)23/h3-10,16H,1H2,2H3/t16-/m0/s1. The van der Waals surface area contributed by atoms with E-state index in [9.17, 15) is 14.4 Å². The number of fused-ring (bicyclic) bond motifs is 1. The lowest BCUT2D eigenvalue weighted by Gasteiger charge is -2.28. The molecule has 2 aromatic carbocycles. The fourth-order valence-corrected chi connectivity index (χ4v) is 3.37. The van der Waals surface area contributed by atoms with Gasteiger partial charge in [-0.2, -0.15) is 0 Å². The Morgan fingerprint density at radius 1 is 1.04 bits per heavy atom. The molecular formula is C19H14BrNO4. The highest BCUT2D eigenvalue weighted by Crippen LogP contribution is 2.38. The van der Waals surface area contributed by atoms with Crippen LogP contribution in [0, 0.1) is 0 Å². The van der Waals surface area contributed by atoms with Gasteiger partial charge in [-0.15, -0.1) is 0 Å². The number of halogens is 1. The van der Waals surface area contributed by atoms with Gasteiger partial charge in [-0.1, -0.05) is 52.8 Å². The van der Waals surface area contributed by atoms with Gasteiger partial charge in [0.1, 0.15) is 0 Å². The van der Waals surface area contributed by atoms with Crippen molar-refractivity contribution in [1.82, 2.24) is 4.90 Å². The largest absolute Gasteiger partial charge is 0.466 e. The number of ether oxygens (including phenoxy) is 1. The molecule has 0 saturated carbocycles. The minimum Gasteiger partial charge on any atom is -0.466 e. The Kier molecular flexibility index (Phi) is 4.55. The number of carbonyl (C=O) groups excluding carboxylic acids is 3. The van der Waals surface area contributed by atoms with Gasteiger partial charge in [0, 0.05) is 4.47 Å². The van der Waals surface area contributed by atoms with E-state index in [0.29, 0.717) is 21.2 Å². The molecule has 126 valence electrons. The predicted molar refractivity (Wildman–Crippen MR) is 95.0 cm³/mol. The predicted octanol–water partition coefficient (Wildman–Crippen LogP) is 3.52. The highest BCUT2D eigenvalue weighted by atomic mass is 79.9. The Hall–Kier alpha value is -2.73. The van der Waals surface area contributed by atoms with Crippen molar-refractivity contribution >= 4 is 33.7 Å². The number of hydrogen-bond donors (Lipinski definition) is 0. The van der Waals surface area contributed by atoms with E-state index in [1.807, 2.05) is 0 Å². The third-order valence-electron chi connectivity index (χ3n) is 4.06. The lowest BCUT2D eigenvalue weighted by atomic mass is 9.98. The van der Waals surface area contributed by atoms with E-state index in [1.54, 1.807) is 48.5 Å². The fourth-order valence-electron chi connectivity index (χ4n) is 2.86. The zero-order valence-corrected chi connectivity index (χ0v) is 14.9. The summed E-state index contributed by atoms with van der Waals surface area (Å²) >= 11 is 3.42. The van der Waals surface area contributed by atoms with Crippen LogP contribution in [0.2, 0.25) is 0 Å². The van der Waals surface area contributed by atoms with Gasteiger partial charge in [0.25, 0.3) is 11.8 Å². The fraction of sp³-hybridized carbons (Fsp3) is 0.105. The van der Waals surface area contributed by atoms with Gasteiger partial charge in [0.05, 0.1) is 29.9 Å². The van der Waals surface area contributed by atoms with E-state index in [-0.39, 0.29) is 5.57 Å². The molecule has 3 rings (SSSR count). The van der Waals surface area contributed by atoms with E-state index < -0.39 is 23.8 Å². The summed E-state index contributed by atoms with van der Waals surface area (Å²) in [5.74, 6) is -1.62. The maximum Gasteiger partial charge on any atom is 0.335 e. The maximum absolute atomic E-state index is 12.8. The molecule has 1 atom stereocenters. The molecule has 0 bridgehead atoms. The van der Waals surface area contributed by atoms with Gasteiger partial charge in [-0.25, -0.2) is 4.79 Å². The van der Waals surface area contributed by atoms with Crippen molar-refractivity contribution in [2.24, 2.45) is 0 Å². The first-order valence-electron chi connectivity index (χ1n) is 7.45. The van der Waals surface area contributed by atoms with E-state index in [1.165, 1.54) is 7.11 Å². The minimum absolute atomic E-state index is 0.00362. The molecule has 2 aromatic rings. The maximum atomic E-state index is 12.8. The van der Waals surface area contributed by atoms with Crippen LogP contribution in [0.1, 0.15) is 32.3 Å². The Morgan fingerprint density at radius 2 is 1.56 bits per heavy atom. The van der Waals surface area contributed by atoms with Crippen LogP contribution in [0.4, 0.5) is 0 Å². The molecule has 0 saturated heterocycles. The average molecular weight is 400 g/mol. The quantitative estimate of drug-likeness (QED) is 0.448. The number of esters is 1. The molecule has 1 heterocycles. The normalized spacial score (nSPS) is 14.2. The number of nitrogens with zero attached hydrogens (tertiary/aromatic N) is 1. The molecule has 6 heteroatoms. The van der Waals surface area contributed by atoms with Crippen LogP contribution in [-0.4, -0.2) is 29.8 Å². The molecule has 0 aliphatic carbocycles. The first kappa shape index (κ1) is 17.1. The van der Waals surface area contributed by atoms with Crippen LogP contribution in [0.15, 0.2) is 65.2 Å². The van der Waals surface area contributed by atoms with Crippen LogP contribution in [-0.2, 0) is 9.53 Å². The summed E-state index contributed by atoms with van der Waals surface area (Å²) < 4.78 is 5.41. The number of amides is 2. The molecule has 0 aromatic heterocycles. The Morgan fingerprint density at radius 3 is 2.08 bits per heavy atom. The minimum atomic E-state index is -0.963. The van der Waals surface area contributed by atoms with Crippen molar-refractivity contribution in [2.45, 2.75) is 6.04 Å². The van der Waals surface area contributed by atoms with E-state index >= 15 is 0 Å². The molecule has 5 nitrogen and oxygen atoms in total. The SMILES string of the molecule is C=C(C(=O)OC)[C@@H](c1ccccc1Br)N1C(=O)c2ccccc2C1=O. The summed E-state index contributed by atoms with van der Waals surface area (Å²) in [5.41, 5.74) is 1.20. The molecule has 1 aliphatic rings. The van der Waals surface area contributed by atoms with Crippen LogP contribution < -0.4 is 0 Å². The lowest BCUT2D eigenvalue weighted by Crippen LogP contribution is -2.37. The van der Waals surface area contributed by atoms with E-state index in [4.69, 9.17) is 4.74 Å². The van der Waals surface area contributed by atoms with Crippen molar-refractivity contribution < 1.29 is 19.1 Å². The van der Waals surface area contributed by atoms with Gasteiger partial charge >= 0.3 is 5.97 Å². The number of carbonyl (C=O) groups is 3. The molecular weight excluding hydrogens is 386 g/mol. The second-order valence-corrected chi connectivity index (χ2v) is 6.32. The zero-order chi connectivity index (χ0) is 18.1. The topological polar surface area (TPSA) is 63.7 Å². The highest BCUT2D eigenvalue weighted by Gasteiger charge is 2.43. The second kappa shape index (κ2) is 6.64. The van der Waals surface area contributed by atoms with Crippen LogP contribution >= 0.6 is 15.9 Å². The molecule has 0 fully saturated rings. The summed E-state index contributed by atoms with van der Waals surface area (Å²) in [4.78, 5) is 38.8. The van der Waals surface area contributed by atoms with Crippen LogP contribution in [0.5, 0.6) is 0 Å². The van der Waals surface area contributed by atoms with Gasteiger partial charge < -0.3 is 4.74 Å². The van der Waals surface area contributed by atoms with Gasteiger partial charge in [0.2, 0.25) is 0 Å². The first-order chi connectivity index (χ1) is 12.0. The number of benzene rings is 2. The molecule has 0 spiro atoms. The van der Waals surface area contributed by atoms with Crippen molar-refractivity contribution in [3.63, 3.8) is 0 Å². The van der Waals surface area contributed by atoms with Crippen molar-refractivity contribution in [3.8, 4) is 0 Å². The van der Waals surface area contributed by atoms with E-state index in [2.05, 4.69) is 22.5 Å². The molecule has 0 N–H and O–H groups in total. The summed E-state index contributed by atoms with van der Waals surface area (Å²) in [5, 5.41) is 0. The highest BCUT2D eigenvalue weighted by molar-refractivity contribution is 9.10. The molecule has 2 amide bonds.